The first kappa shape index (κ1) is 22.4. The maximum absolute atomic E-state index is 13.4. The van der Waals surface area contributed by atoms with Gasteiger partial charge in [-0.2, -0.15) is 0 Å². The first-order chi connectivity index (χ1) is 14.4. The molecule has 1 heterocycles. The van der Waals surface area contributed by atoms with E-state index in [1.807, 2.05) is 20.8 Å². The smallest absolute Gasteiger partial charge is 0.411 e. The summed E-state index contributed by atoms with van der Waals surface area (Å²) in [6.07, 6.45) is 5.48. The molecule has 4 bridgehead atoms. The van der Waals surface area contributed by atoms with Gasteiger partial charge in [-0.1, -0.05) is 0 Å². The maximum Gasteiger partial charge on any atom is 0.411 e. The quantitative estimate of drug-likeness (QED) is 0.680. The molecule has 8 heteroatoms. The van der Waals surface area contributed by atoms with Gasteiger partial charge < -0.3 is 19.5 Å². The number of methoxy groups -OCH3 is 1. The van der Waals surface area contributed by atoms with Gasteiger partial charge in [0.15, 0.2) is 0 Å². The van der Waals surface area contributed by atoms with Crippen LogP contribution in [0.2, 0.25) is 0 Å². The van der Waals surface area contributed by atoms with E-state index in [-0.39, 0.29) is 12.5 Å². The predicted molar refractivity (Wildman–Crippen MR) is 112 cm³/mol. The zero-order chi connectivity index (χ0) is 22.6. The van der Waals surface area contributed by atoms with Gasteiger partial charge in [0, 0.05) is 6.54 Å². The Kier molecular flexibility index (Phi) is 5.51. The molecule has 5 aliphatic rings. The number of esters is 1. The SMILES string of the molecule is COC(=O)C1CCCN1C(=O)CN(C(=O)OC(C)(C)C)C12CC3CC(CC(O)(C3)C1)C2. The van der Waals surface area contributed by atoms with E-state index in [0.29, 0.717) is 31.2 Å². The van der Waals surface area contributed by atoms with Crippen LogP contribution >= 0.6 is 0 Å². The van der Waals surface area contributed by atoms with Crippen molar-refractivity contribution in [2.24, 2.45) is 11.8 Å². The van der Waals surface area contributed by atoms with Crippen LogP contribution in [0.3, 0.4) is 0 Å². The molecule has 0 spiro atoms. The molecule has 4 saturated carbocycles. The van der Waals surface area contributed by atoms with Crippen molar-refractivity contribution in [3.8, 4) is 0 Å². The van der Waals surface area contributed by atoms with Crippen molar-refractivity contribution in [3.63, 3.8) is 0 Å². The molecule has 4 aliphatic carbocycles. The van der Waals surface area contributed by atoms with Gasteiger partial charge >= 0.3 is 12.1 Å². The Morgan fingerprint density at radius 1 is 1.13 bits per heavy atom. The summed E-state index contributed by atoms with van der Waals surface area (Å²) in [5.41, 5.74) is -2.04. The summed E-state index contributed by atoms with van der Waals surface area (Å²) in [6.45, 7) is 5.77. The van der Waals surface area contributed by atoms with Gasteiger partial charge in [0.2, 0.25) is 5.91 Å². The summed E-state index contributed by atoms with van der Waals surface area (Å²) in [5, 5.41) is 11.2. The van der Waals surface area contributed by atoms with Crippen molar-refractivity contribution in [1.82, 2.24) is 9.80 Å². The van der Waals surface area contributed by atoms with Gasteiger partial charge in [-0.25, -0.2) is 9.59 Å². The number of amides is 2. The number of carbonyl (C=O) groups is 3. The van der Waals surface area contributed by atoms with Crippen LogP contribution in [-0.2, 0) is 19.1 Å². The molecule has 5 rings (SSSR count). The highest BCUT2D eigenvalue weighted by Crippen LogP contribution is 2.59. The average Bonchev–Trinajstić information content (AvgIpc) is 3.11. The van der Waals surface area contributed by atoms with Crippen molar-refractivity contribution in [2.75, 3.05) is 20.2 Å². The fraction of sp³-hybridized carbons (Fsp3) is 0.870. The molecule has 1 saturated heterocycles. The highest BCUT2D eigenvalue weighted by Gasteiger charge is 2.61. The van der Waals surface area contributed by atoms with Gasteiger partial charge in [-0.15, -0.1) is 0 Å². The fourth-order valence-electron chi connectivity index (χ4n) is 6.90. The molecule has 1 N–H and O–H groups in total. The molecule has 2 amide bonds. The Morgan fingerprint density at radius 2 is 1.77 bits per heavy atom. The number of aliphatic hydroxyl groups is 1. The van der Waals surface area contributed by atoms with Crippen LogP contribution in [0.1, 0.15) is 72.1 Å². The number of ether oxygens (including phenoxy) is 2. The normalized spacial score (nSPS) is 36.4. The third-order valence-electron chi connectivity index (χ3n) is 7.53. The molecule has 0 radical (unpaired) electrons. The summed E-state index contributed by atoms with van der Waals surface area (Å²) in [5.74, 6) is 0.0436. The van der Waals surface area contributed by atoms with E-state index in [0.717, 1.165) is 38.5 Å². The van der Waals surface area contributed by atoms with Crippen LogP contribution in [0.4, 0.5) is 4.79 Å². The summed E-state index contributed by atoms with van der Waals surface area (Å²) >= 11 is 0. The monoisotopic (exact) mass is 436 g/mol. The first-order valence-corrected chi connectivity index (χ1v) is 11.5. The molecular formula is C23H36N2O6. The number of carbonyl (C=O) groups excluding carboxylic acids is 3. The zero-order valence-corrected chi connectivity index (χ0v) is 19.2. The van der Waals surface area contributed by atoms with Crippen molar-refractivity contribution in [1.29, 1.82) is 0 Å². The molecule has 8 nitrogen and oxygen atoms in total. The van der Waals surface area contributed by atoms with E-state index in [9.17, 15) is 19.5 Å². The number of rotatable bonds is 4. The fourth-order valence-corrected chi connectivity index (χ4v) is 6.90. The minimum Gasteiger partial charge on any atom is -0.467 e. The van der Waals surface area contributed by atoms with Gasteiger partial charge in [-0.3, -0.25) is 9.69 Å². The van der Waals surface area contributed by atoms with Crippen molar-refractivity contribution < 1.29 is 29.0 Å². The lowest BCUT2D eigenvalue weighted by molar-refractivity contribution is -0.175. The molecule has 0 aromatic rings. The molecule has 5 fully saturated rings. The summed E-state index contributed by atoms with van der Waals surface area (Å²) in [6, 6.07) is -0.599. The summed E-state index contributed by atoms with van der Waals surface area (Å²) in [7, 11) is 1.33. The molecule has 0 aromatic carbocycles. The second-order valence-electron chi connectivity index (χ2n) is 11.2. The topological polar surface area (TPSA) is 96.4 Å². The molecule has 3 atom stereocenters. The van der Waals surface area contributed by atoms with Gasteiger partial charge in [0.25, 0.3) is 0 Å². The maximum atomic E-state index is 13.4. The van der Waals surface area contributed by atoms with Crippen LogP contribution in [0.25, 0.3) is 0 Å². The van der Waals surface area contributed by atoms with Crippen molar-refractivity contribution in [3.05, 3.63) is 0 Å². The lowest BCUT2D eigenvalue weighted by Gasteiger charge is -2.62. The predicted octanol–water partition coefficient (Wildman–Crippen LogP) is 2.47. The number of hydrogen-bond donors (Lipinski definition) is 1. The number of likely N-dealkylation sites (tertiary alicyclic amines) is 1. The van der Waals surface area contributed by atoms with E-state index in [1.165, 1.54) is 7.11 Å². The molecule has 1 aliphatic heterocycles. The number of nitrogens with zero attached hydrogens (tertiary/aromatic N) is 2. The van der Waals surface area contributed by atoms with E-state index >= 15 is 0 Å². The molecule has 174 valence electrons. The lowest BCUT2D eigenvalue weighted by Crippen LogP contribution is -2.68. The van der Waals surface area contributed by atoms with Gasteiger partial charge in [0.1, 0.15) is 18.2 Å². The first-order valence-electron chi connectivity index (χ1n) is 11.5. The zero-order valence-electron chi connectivity index (χ0n) is 19.2. The minimum atomic E-state index is -0.768. The average molecular weight is 437 g/mol. The van der Waals surface area contributed by atoms with Crippen LogP contribution in [-0.4, -0.2) is 75.9 Å². The molecular weight excluding hydrogens is 400 g/mol. The van der Waals surface area contributed by atoms with Crippen LogP contribution < -0.4 is 0 Å². The van der Waals surface area contributed by atoms with Gasteiger partial charge in [0.05, 0.1) is 18.2 Å². The van der Waals surface area contributed by atoms with Crippen molar-refractivity contribution >= 4 is 18.0 Å². The Labute approximate surface area is 184 Å². The molecule has 31 heavy (non-hydrogen) atoms. The second-order valence-corrected chi connectivity index (χ2v) is 11.2. The largest absolute Gasteiger partial charge is 0.467 e. The van der Waals surface area contributed by atoms with E-state index in [4.69, 9.17) is 9.47 Å². The Morgan fingerprint density at radius 3 is 2.32 bits per heavy atom. The summed E-state index contributed by atoms with van der Waals surface area (Å²) in [4.78, 5) is 42.0. The highest BCUT2D eigenvalue weighted by molar-refractivity contribution is 5.88. The third kappa shape index (κ3) is 4.28. The van der Waals surface area contributed by atoms with E-state index in [1.54, 1.807) is 9.80 Å². The second kappa shape index (κ2) is 7.64. The summed E-state index contributed by atoms with van der Waals surface area (Å²) < 4.78 is 10.6. The van der Waals surface area contributed by atoms with Crippen molar-refractivity contribution in [2.45, 2.75) is 94.9 Å². The molecule has 3 unspecified atom stereocenters. The Hall–Kier alpha value is -1.83. The van der Waals surface area contributed by atoms with Crippen LogP contribution in [0.15, 0.2) is 0 Å². The highest BCUT2D eigenvalue weighted by atomic mass is 16.6. The van der Waals surface area contributed by atoms with Crippen LogP contribution in [0, 0.1) is 11.8 Å². The Balaban J connectivity index is 1.60. The van der Waals surface area contributed by atoms with Crippen LogP contribution in [0.5, 0.6) is 0 Å². The third-order valence-corrected chi connectivity index (χ3v) is 7.53. The minimum absolute atomic E-state index is 0.141. The standard InChI is InChI=1S/C23H36N2O6/c1-21(2,3)31-20(28)25(13-18(26)24-7-5-6-17(24)19(27)30-4)22-9-15-8-16(10-22)12-23(29,11-15)14-22/h15-17,29H,5-14H2,1-4H3. The lowest BCUT2D eigenvalue weighted by atomic mass is 9.50. The molecule has 0 aromatic heterocycles. The number of hydrogen-bond acceptors (Lipinski definition) is 6. The van der Waals surface area contributed by atoms with Gasteiger partial charge in [-0.05, 0) is 84.0 Å². The van der Waals surface area contributed by atoms with E-state index < -0.39 is 34.8 Å². The van der Waals surface area contributed by atoms with E-state index in [2.05, 4.69) is 0 Å². The Bertz CT molecular complexity index is 746.